The smallest absolute Gasteiger partial charge is 0.262 e. The van der Waals surface area contributed by atoms with E-state index in [2.05, 4.69) is 5.32 Å². The molecule has 2 rings (SSSR count). The van der Waals surface area contributed by atoms with Gasteiger partial charge in [0.15, 0.2) is 6.61 Å². The Bertz CT molecular complexity index is 722. The van der Waals surface area contributed by atoms with Crippen LogP contribution in [0.1, 0.15) is 27.7 Å². The molecule has 0 aliphatic carbocycles. The second kappa shape index (κ2) is 7.29. The highest BCUT2D eigenvalue weighted by molar-refractivity contribution is 7.89. The van der Waals surface area contributed by atoms with Gasteiger partial charge in [0.05, 0.1) is 10.7 Å². The molecule has 0 aromatic heterocycles. The second-order valence-electron chi connectivity index (χ2n) is 6.73. The van der Waals surface area contributed by atoms with Crippen LogP contribution in [0.3, 0.4) is 0 Å². The number of halogens is 1. The third-order valence-electron chi connectivity index (χ3n) is 3.42. The van der Waals surface area contributed by atoms with Crippen molar-refractivity contribution in [1.82, 2.24) is 4.31 Å². The van der Waals surface area contributed by atoms with E-state index in [9.17, 15) is 13.2 Å². The highest BCUT2D eigenvalue weighted by Gasteiger charge is 2.30. The van der Waals surface area contributed by atoms with Crippen LogP contribution in [-0.2, 0) is 14.8 Å². The van der Waals surface area contributed by atoms with Gasteiger partial charge in [0.2, 0.25) is 10.0 Å². The van der Waals surface area contributed by atoms with Gasteiger partial charge in [-0.05, 0) is 17.9 Å². The summed E-state index contributed by atoms with van der Waals surface area (Å²) in [5.74, 6) is 0.387. The number of ether oxygens (including phenoxy) is 1. The minimum absolute atomic E-state index is 0.000339. The van der Waals surface area contributed by atoms with Gasteiger partial charge in [-0.15, -0.1) is 0 Å². The maximum absolute atomic E-state index is 13.1. The van der Waals surface area contributed by atoms with Crippen LogP contribution in [0.2, 0.25) is 5.02 Å². The van der Waals surface area contributed by atoms with Crippen LogP contribution >= 0.6 is 11.6 Å². The molecule has 1 aliphatic heterocycles. The van der Waals surface area contributed by atoms with Crippen molar-refractivity contribution < 1.29 is 17.9 Å². The molecule has 0 bridgehead atoms. The largest absolute Gasteiger partial charge is 0.482 e. The van der Waals surface area contributed by atoms with E-state index in [4.69, 9.17) is 16.3 Å². The van der Waals surface area contributed by atoms with E-state index in [1.807, 2.05) is 27.7 Å². The molecule has 0 saturated carbocycles. The summed E-state index contributed by atoms with van der Waals surface area (Å²) in [7, 11) is -3.76. The Morgan fingerprint density at radius 3 is 2.33 bits per heavy atom. The predicted molar refractivity (Wildman–Crippen MR) is 94.0 cm³/mol. The number of nitrogens with zero attached hydrogens (tertiary/aromatic N) is 1. The first-order valence-corrected chi connectivity index (χ1v) is 9.69. The highest BCUT2D eigenvalue weighted by atomic mass is 35.5. The maximum atomic E-state index is 13.1. The fourth-order valence-electron chi connectivity index (χ4n) is 2.50. The summed E-state index contributed by atoms with van der Waals surface area (Å²) in [6.07, 6.45) is 0. The molecule has 0 spiro atoms. The third-order valence-corrected chi connectivity index (χ3v) is 5.72. The van der Waals surface area contributed by atoms with Crippen LogP contribution < -0.4 is 10.1 Å². The molecular weight excluding hydrogens is 352 g/mol. The first-order chi connectivity index (χ1) is 11.1. The standard InChI is InChI=1S/C16H23ClN2O4S/c1-10(2)7-19(8-11(3)4)24(21,22)15-6-14-13(5-12(15)17)18-16(20)9-23-14/h5-6,10-11H,7-9H2,1-4H3,(H,18,20). The number of benzene rings is 1. The topological polar surface area (TPSA) is 75.7 Å². The minimum Gasteiger partial charge on any atom is -0.482 e. The van der Waals surface area contributed by atoms with Crippen molar-refractivity contribution in [2.45, 2.75) is 32.6 Å². The van der Waals surface area contributed by atoms with Gasteiger partial charge in [0.1, 0.15) is 10.6 Å². The van der Waals surface area contributed by atoms with E-state index < -0.39 is 10.0 Å². The summed E-state index contributed by atoms with van der Waals surface area (Å²) in [5.41, 5.74) is 0.384. The van der Waals surface area contributed by atoms with Crippen LogP contribution in [0.25, 0.3) is 0 Å². The number of amides is 1. The number of nitrogens with one attached hydrogen (secondary N) is 1. The van der Waals surface area contributed by atoms with Gasteiger partial charge in [-0.2, -0.15) is 4.31 Å². The summed E-state index contributed by atoms with van der Waals surface area (Å²) in [6, 6.07) is 2.81. The lowest BCUT2D eigenvalue weighted by Gasteiger charge is -2.27. The summed E-state index contributed by atoms with van der Waals surface area (Å²) in [6.45, 7) is 8.55. The van der Waals surface area contributed by atoms with Crippen LogP contribution in [-0.4, -0.2) is 38.3 Å². The molecule has 0 atom stereocenters. The number of hydrogen-bond donors (Lipinski definition) is 1. The number of fused-ring (bicyclic) bond motifs is 1. The molecule has 1 heterocycles. The lowest BCUT2D eigenvalue weighted by atomic mass is 10.2. The normalized spacial score (nSPS) is 14.8. The Kier molecular flexibility index (Phi) is 5.78. The highest BCUT2D eigenvalue weighted by Crippen LogP contribution is 2.37. The zero-order valence-electron chi connectivity index (χ0n) is 14.3. The van der Waals surface area contributed by atoms with Gasteiger partial charge in [-0.1, -0.05) is 39.3 Å². The summed E-state index contributed by atoms with van der Waals surface area (Å²) in [4.78, 5) is 11.4. The van der Waals surface area contributed by atoms with E-state index >= 15 is 0 Å². The van der Waals surface area contributed by atoms with Gasteiger partial charge in [-0.3, -0.25) is 4.79 Å². The first kappa shape index (κ1) is 19.0. The number of carbonyl (C=O) groups is 1. The van der Waals surface area contributed by atoms with Crippen molar-refractivity contribution in [3.63, 3.8) is 0 Å². The van der Waals surface area contributed by atoms with Crippen LogP contribution in [0.5, 0.6) is 5.75 Å². The Hall–Kier alpha value is -1.31. The van der Waals surface area contributed by atoms with E-state index in [0.29, 0.717) is 24.5 Å². The quantitative estimate of drug-likeness (QED) is 0.830. The van der Waals surface area contributed by atoms with Crippen LogP contribution in [0.4, 0.5) is 5.69 Å². The zero-order chi connectivity index (χ0) is 18.1. The van der Waals surface area contributed by atoms with E-state index in [1.165, 1.54) is 16.4 Å². The first-order valence-electron chi connectivity index (χ1n) is 7.87. The monoisotopic (exact) mass is 374 g/mol. The summed E-state index contributed by atoms with van der Waals surface area (Å²) in [5, 5.41) is 2.68. The van der Waals surface area contributed by atoms with E-state index in [-0.39, 0.29) is 34.3 Å². The van der Waals surface area contributed by atoms with Crippen molar-refractivity contribution in [2.75, 3.05) is 25.0 Å². The fourth-order valence-corrected chi connectivity index (χ4v) is 4.79. The van der Waals surface area contributed by atoms with Crippen molar-refractivity contribution in [1.29, 1.82) is 0 Å². The second-order valence-corrected chi connectivity index (χ2v) is 9.04. The number of rotatable bonds is 6. The molecule has 0 saturated heterocycles. The van der Waals surface area contributed by atoms with E-state index in [0.717, 1.165) is 0 Å². The van der Waals surface area contributed by atoms with Crippen molar-refractivity contribution in [2.24, 2.45) is 11.8 Å². The van der Waals surface area contributed by atoms with Gasteiger partial charge in [0, 0.05) is 19.2 Å². The van der Waals surface area contributed by atoms with E-state index in [1.54, 1.807) is 0 Å². The maximum Gasteiger partial charge on any atom is 0.262 e. The molecule has 1 aromatic rings. The molecule has 1 aromatic carbocycles. The Balaban J connectivity index is 2.45. The molecule has 0 unspecified atom stereocenters. The number of sulfonamides is 1. The SMILES string of the molecule is CC(C)CN(CC(C)C)S(=O)(=O)c1cc2c(cc1Cl)NC(=O)CO2. The van der Waals surface area contributed by atoms with Crippen LogP contribution in [0.15, 0.2) is 17.0 Å². The lowest BCUT2D eigenvalue weighted by Crippen LogP contribution is -2.37. The average Bonchev–Trinajstić information content (AvgIpc) is 2.44. The number of carbonyl (C=O) groups excluding carboxylic acids is 1. The van der Waals surface area contributed by atoms with Crippen LogP contribution in [0, 0.1) is 11.8 Å². The molecule has 8 heteroatoms. The Morgan fingerprint density at radius 1 is 1.21 bits per heavy atom. The Morgan fingerprint density at radius 2 is 1.79 bits per heavy atom. The average molecular weight is 375 g/mol. The Labute approximate surface area is 148 Å². The third kappa shape index (κ3) is 4.20. The van der Waals surface area contributed by atoms with Gasteiger partial charge < -0.3 is 10.1 Å². The molecule has 134 valence electrons. The van der Waals surface area contributed by atoms with Gasteiger partial charge in [0.25, 0.3) is 5.91 Å². The van der Waals surface area contributed by atoms with Gasteiger partial charge in [-0.25, -0.2) is 8.42 Å². The van der Waals surface area contributed by atoms with Crippen molar-refractivity contribution >= 4 is 33.2 Å². The van der Waals surface area contributed by atoms with Crippen molar-refractivity contribution in [3.05, 3.63) is 17.2 Å². The van der Waals surface area contributed by atoms with Crippen molar-refractivity contribution in [3.8, 4) is 5.75 Å². The van der Waals surface area contributed by atoms with Gasteiger partial charge >= 0.3 is 0 Å². The number of hydrogen-bond acceptors (Lipinski definition) is 4. The molecule has 0 fully saturated rings. The molecule has 0 radical (unpaired) electrons. The minimum atomic E-state index is -3.76. The summed E-state index contributed by atoms with van der Waals surface area (Å²) < 4.78 is 32.9. The molecule has 1 N–H and O–H groups in total. The zero-order valence-corrected chi connectivity index (χ0v) is 15.9. The summed E-state index contributed by atoms with van der Waals surface area (Å²) >= 11 is 6.20. The number of anilines is 1. The predicted octanol–water partition coefficient (Wildman–Crippen LogP) is 2.97. The molecule has 24 heavy (non-hydrogen) atoms. The molecule has 6 nitrogen and oxygen atoms in total. The fraction of sp³-hybridized carbons (Fsp3) is 0.562. The lowest BCUT2D eigenvalue weighted by molar-refractivity contribution is -0.118. The molecule has 1 amide bonds. The molecular formula is C16H23ClN2O4S. The molecule has 1 aliphatic rings.